The van der Waals surface area contributed by atoms with Crippen LogP contribution in [0.15, 0.2) is 64.5 Å². The first-order chi connectivity index (χ1) is 14.9. The van der Waals surface area contributed by atoms with Gasteiger partial charge in [-0.3, -0.25) is 4.79 Å². The van der Waals surface area contributed by atoms with Crippen LogP contribution in [0.4, 0.5) is 18.9 Å². The molecule has 3 atom stereocenters. The van der Waals surface area contributed by atoms with Crippen molar-refractivity contribution in [2.75, 3.05) is 18.3 Å². The number of rotatable bonds is 2. The molecule has 3 aliphatic heterocycles. The molecule has 31 heavy (non-hydrogen) atoms. The van der Waals surface area contributed by atoms with Crippen molar-refractivity contribution in [3.05, 3.63) is 77.2 Å². The number of hydrogen-bond acceptors (Lipinski definition) is 5. The first-order valence-corrected chi connectivity index (χ1v) is 9.76. The topological polar surface area (TPSA) is 61.1 Å². The van der Waals surface area contributed by atoms with E-state index in [9.17, 15) is 18.0 Å². The summed E-state index contributed by atoms with van der Waals surface area (Å²) in [5, 5.41) is 0. The Morgan fingerprint density at radius 3 is 2.61 bits per heavy atom. The lowest BCUT2D eigenvalue weighted by Crippen LogP contribution is -2.46. The summed E-state index contributed by atoms with van der Waals surface area (Å²) >= 11 is 0. The highest BCUT2D eigenvalue weighted by molar-refractivity contribution is 6.09. The molecule has 9 heteroatoms. The monoisotopic (exact) mass is 431 g/mol. The first kappa shape index (κ1) is 18.6. The molecule has 6 nitrogen and oxygen atoms in total. The molecule has 3 unspecified atom stereocenters. The van der Waals surface area contributed by atoms with E-state index in [0.29, 0.717) is 17.2 Å². The van der Waals surface area contributed by atoms with E-state index < -0.39 is 17.4 Å². The van der Waals surface area contributed by atoms with Gasteiger partial charge in [0.15, 0.2) is 11.5 Å². The number of fused-ring (bicyclic) bond motifs is 5. The zero-order valence-electron chi connectivity index (χ0n) is 16.0. The van der Waals surface area contributed by atoms with E-state index >= 15 is 0 Å². The summed E-state index contributed by atoms with van der Waals surface area (Å²) in [6, 6.07) is 9.41. The van der Waals surface area contributed by atoms with E-state index in [1.165, 1.54) is 11.0 Å². The van der Waals surface area contributed by atoms with Gasteiger partial charge in [0.1, 0.15) is 11.2 Å². The molecule has 1 aromatic carbocycles. The summed E-state index contributed by atoms with van der Waals surface area (Å²) in [7, 11) is 0. The molecule has 1 aliphatic carbocycles. The maximum absolute atomic E-state index is 13.8. The predicted molar refractivity (Wildman–Crippen MR) is 99.5 cm³/mol. The molecule has 1 spiro atoms. The molecular weight excluding hydrogens is 415 g/mol. The Bertz CT molecular complexity index is 1150. The number of amides is 1. The molecule has 0 bridgehead atoms. The van der Waals surface area contributed by atoms with Crippen molar-refractivity contribution in [2.45, 2.75) is 24.2 Å². The van der Waals surface area contributed by atoms with Gasteiger partial charge in [-0.15, -0.1) is 0 Å². The number of halogens is 3. The summed E-state index contributed by atoms with van der Waals surface area (Å²) in [5.74, 6) is -0.415. The molecule has 160 valence electrons. The second kappa shape index (κ2) is 6.16. The van der Waals surface area contributed by atoms with Crippen molar-refractivity contribution in [3.8, 4) is 0 Å². The van der Waals surface area contributed by atoms with Gasteiger partial charge in [-0.2, -0.15) is 13.2 Å². The standard InChI is InChI=1S/C22H16F3NO5/c23-22(24,25)19-6-5-12(31-19)9-26-15-4-2-1-3-13(15)21(20(26)27)10-28-16-8-18-17(7-14(16)21)29-11-30-18/h1-8,14,16H,9-11H2. The zero-order chi connectivity index (χ0) is 21.4. The van der Waals surface area contributed by atoms with Crippen molar-refractivity contribution >= 4 is 11.6 Å². The average molecular weight is 431 g/mol. The van der Waals surface area contributed by atoms with Crippen LogP contribution in [0.2, 0.25) is 0 Å². The molecular formula is C22H16F3NO5. The largest absolute Gasteiger partial charge is 0.455 e. The Morgan fingerprint density at radius 2 is 1.84 bits per heavy atom. The van der Waals surface area contributed by atoms with Crippen LogP contribution >= 0.6 is 0 Å². The lowest BCUT2D eigenvalue weighted by Gasteiger charge is -2.29. The van der Waals surface area contributed by atoms with E-state index in [1.54, 1.807) is 12.1 Å². The molecule has 0 N–H and O–H groups in total. The summed E-state index contributed by atoms with van der Waals surface area (Å²) in [5.41, 5.74) is 0.419. The van der Waals surface area contributed by atoms with Crippen LogP contribution in [0, 0.1) is 5.92 Å². The van der Waals surface area contributed by atoms with Crippen molar-refractivity contribution in [3.63, 3.8) is 0 Å². The fraction of sp³-hybridized carbons (Fsp3) is 0.318. The third-order valence-corrected chi connectivity index (χ3v) is 6.30. The Kier molecular flexibility index (Phi) is 3.69. The van der Waals surface area contributed by atoms with Crippen LogP contribution in [0.25, 0.3) is 0 Å². The molecule has 0 radical (unpaired) electrons. The van der Waals surface area contributed by atoms with Gasteiger partial charge >= 0.3 is 6.18 Å². The average Bonchev–Trinajstić information content (AvgIpc) is 3.50. The fourth-order valence-electron chi connectivity index (χ4n) is 4.91. The first-order valence-electron chi connectivity index (χ1n) is 9.76. The van der Waals surface area contributed by atoms with E-state index in [1.807, 2.05) is 24.3 Å². The second-order valence-corrected chi connectivity index (χ2v) is 7.91. The lowest BCUT2D eigenvalue weighted by atomic mass is 9.70. The highest BCUT2D eigenvalue weighted by atomic mass is 19.4. The highest BCUT2D eigenvalue weighted by Crippen LogP contribution is 2.54. The summed E-state index contributed by atoms with van der Waals surface area (Å²) in [6.45, 7) is 0.150. The number of benzene rings is 1. The van der Waals surface area contributed by atoms with Gasteiger partial charge in [-0.1, -0.05) is 18.2 Å². The number of para-hydroxylation sites is 1. The molecule has 2 fully saturated rings. The smallest absolute Gasteiger partial charge is 0.449 e. The van der Waals surface area contributed by atoms with Crippen LogP contribution < -0.4 is 4.90 Å². The summed E-state index contributed by atoms with van der Waals surface area (Å²) < 4.78 is 60.7. The number of hydrogen-bond donors (Lipinski definition) is 0. The van der Waals surface area contributed by atoms with Gasteiger partial charge in [-0.25, -0.2) is 0 Å². The van der Waals surface area contributed by atoms with E-state index in [4.69, 9.17) is 18.6 Å². The van der Waals surface area contributed by atoms with Gasteiger partial charge < -0.3 is 23.5 Å². The minimum absolute atomic E-state index is 0.0553. The maximum Gasteiger partial charge on any atom is 0.449 e. The van der Waals surface area contributed by atoms with Crippen LogP contribution in [0.1, 0.15) is 17.1 Å². The molecule has 1 aromatic heterocycles. The molecule has 4 heterocycles. The zero-order valence-corrected chi connectivity index (χ0v) is 16.0. The van der Waals surface area contributed by atoms with E-state index in [-0.39, 0.29) is 43.6 Å². The fourth-order valence-corrected chi connectivity index (χ4v) is 4.91. The van der Waals surface area contributed by atoms with E-state index in [2.05, 4.69) is 0 Å². The third kappa shape index (κ3) is 2.52. The van der Waals surface area contributed by atoms with E-state index in [0.717, 1.165) is 11.6 Å². The summed E-state index contributed by atoms with van der Waals surface area (Å²) in [6.07, 6.45) is -1.26. The highest BCUT2D eigenvalue weighted by Gasteiger charge is 2.62. The van der Waals surface area contributed by atoms with Crippen LogP contribution in [-0.4, -0.2) is 25.4 Å². The SMILES string of the molecule is O=C1N(Cc2ccc(C(F)(F)F)o2)c2ccccc2C12COC1C=C3OCOC3=CC12. The van der Waals surface area contributed by atoms with Crippen molar-refractivity contribution in [1.29, 1.82) is 0 Å². The van der Waals surface area contributed by atoms with Gasteiger partial charge in [0.05, 0.1) is 19.3 Å². The molecule has 1 amide bonds. The number of furan rings is 1. The molecule has 6 rings (SSSR count). The van der Waals surface area contributed by atoms with Crippen molar-refractivity contribution in [2.24, 2.45) is 5.92 Å². The van der Waals surface area contributed by atoms with Crippen LogP contribution in [0.5, 0.6) is 0 Å². The van der Waals surface area contributed by atoms with Gasteiger partial charge in [-0.05, 0) is 35.9 Å². The maximum atomic E-state index is 13.8. The molecule has 2 saturated heterocycles. The van der Waals surface area contributed by atoms with Gasteiger partial charge in [0.25, 0.3) is 0 Å². The molecule has 0 saturated carbocycles. The molecule has 2 aromatic rings. The Hall–Kier alpha value is -3.20. The van der Waals surface area contributed by atoms with Crippen LogP contribution in [-0.2, 0) is 37.1 Å². The second-order valence-electron chi connectivity index (χ2n) is 7.91. The third-order valence-electron chi connectivity index (χ3n) is 6.30. The number of anilines is 1. The predicted octanol–water partition coefficient (Wildman–Crippen LogP) is 3.88. The van der Waals surface area contributed by atoms with Gasteiger partial charge in [0, 0.05) is 11.6 Å². The minimum atomic E-state index is -4.58. The molecule has 4 aliphatic rings. The Balaban J connectivity index is 1.40. The number of carbonyl (C=O) groups excluding carboxylic acids is 1. The minimum Gasteiger partial charge on any atom is -0.455 e. The van der Waals surface area contributed by atoms with Crippen LogP contribution in [0.3, 0.4) is 0 Å². The summed E-state index contributed by atoms with van der Waals surface area (Å²) in [4.78, 5) is 15.3. The van der Waals surface area contributed by atoms with Crippen molar-refractivity contribution < 1.29 is 36.6 Å². The van der Waals surface area contributed by atoms with Gasteiger partial charge in [0.2, 0.25) is 18.5 Å². The Morgan fingerprint density at radius 1 is 1.06 bits per heavy atom. The number of nitrogens with zero attached hydrogens (tertiary/aromatic N) is 1. The number of carbonyl (C=O) groups is 1. The quantitative estimate of drug-likeness (QED) is 0.722. The normalized spacial score (nSPS) is 28.6. The van der Waals surface area contributed by atoms with Crippen molar-refractivity contribution in [1.82, 2.24) is 0 Å². The number of alkyl halides is 3. The Labute approximate surface area is 174 Å². The number of ether oxygens (including phenoxy) is 3. The lowest BCUT2D eigenvalue weighted by molar-refractivity contribution is -0.153.